The van der Waals surface area contributed by atoms with Crippen molar-refractivity contribution in [3.05, 3.63) is 59.7 Å². The second-order valence-electron chi connectivity index (χ2n) is 4.19. The van der Waals surface area contributed by atoms with Crippen LogP contribution >= 0.6 is 0 Å². The molecule has 0 heterocycles. The van der Waals surface area contributed by atoms with E-state index in [0.717, 1.165) is 16.8 Å². The summed E-state index contributed by atoms with van der Waals surface area (Å²) < 4.78 is 0. The average molecular weight is 243 g/mol. The minimum atomic E-state index is 0.177. The van der Waals surface area contributed by atoms with Crippen molar-refractivity contribution < 1.29 is 10.2 Å². The number of phenols is 1. The van der Waals surface area contributed by atoms with E-state index in [9.17, 15) is 5.11 Å². The molecule has 0 spiro atoms. The molecule has 2 aromatic rings. The summed E-state index contributed by atoms with van der Waals surface area (Å²) in [7, 11) is 0. The molecule has 94 valence electrons. The molecule has 0 aromatic heterocycles. The van der Waals surface area contributed by atoms with E-state index in [2.05, 4.69) is 5.32 Å². The van der Waals surface area contributed by atoms with Gasteiger partial charge in [-0.1, -0.05) is 24.3 Å². The number of rotatable bonds is 5. The molecule has 2 aromatic carbocycles. The van der Waals surface area contributed by atoms with Crippen LogP contribution in [0, 0.1) is 0 Å². The topological polar surface area (TPSA) is 52.5 Å². The zero-order valence-corrected chi connectivity index (χ0v) is 10.1. The van der Waals surface area contributed by atoms with Gasteiger partial charge in [-0.25, -0.2) is 0 Å². The molecule has 2 rings (SSSR count). The largest absolute Gasteiger partial charge is 0.508 e. The first kappa shape index (κ1) is 12.5. The smallest absolute Gasteiger partial charge is 0.115 e. The van der Waals surface area contributed by atoms with Crippen LogP contribution in [0.2, 0.25) is 0 Å². The first-order valence-corrected chi connectivity index (χ1v) is 5.99. The highest BCUT2D eigenvalue weighted by Crippen LogP contribution is 2.14. The maximum Gasteiger partial charge on any atom is 0.115 e. The van der Waals surface area contributed by atoms with E-state index in [-0.39, 0.29) is 12.4 Å². The molecule has 0 amide bonds. The second kappa shape index (κ2) is 6.07. The van der Waals surface area contributed by atoms with Crippen molar-refractivity contribution in [2.45, 2.75) is 13.0 Å². The van der Waals surface area contributed by atoms with Gasteiger partial charge in [0.2, 0.25) is 0 Å². The molecule has 0 saturated carbocycles. The van der Waals surface area contributed by atoms with Crippen LogP contribution in [0.4, 0.5) is 5.69 Å². The molecule has 18 heavy (non-hydrogen) atoms. The number of aliphatic hydroxyl groups excluding tert-OH is 1. The normalized spacial score (nSPS) is 10.3. The van der Waals surface area contributed by atoms with Crippen LogP contribution < -0.4 is 5.32 Å². The number of phenolic OH excluding ortho intramolecular Hbond substituents is 1. The minimum absolute atomic E-state index is 0.177. The van der Waals surface area contributed by atoms with Crippen LogP contribution in [-0.2, 0) is 13.0 Å². The van der Waals surface area contributed by atoms with Crippen molar-refractivity contribution in [3.63, 3.8) is 0 Å². The maximum absolute atomic E-state index is 9.35. The Morgan fingerprint density at radius 1 is 0.944 bits per heavy atom. The zero-order chi connectivity index (χ0) is 12.8. The highest BCUT2D eigenvalue weighted by atomic mass is 16.3. The first-order chi connectivity index (χ1) is 8.78. The van der Waals surface area contributed by atoms with E-state index >= 15 is 0 Å². The summed E-state index contributed by atoms with van der Waals surface area (Å²) in [5, 5.41) is 21.5. The lowest BCUT2D eigenvalue weighted by molar-refractivity contribution is 0.299. The number of benzene rings is 2. The lowest BCUT2D eigenvalue weighted by Gasteiger charge is -2.07. The van der Waals surface area contributed by atoms with Crippen molar-refractivity contribution in [1.29, 1.82) is 0 Å². The van der Waals surface area contributed by atoms with Gasteiger partial charge in [-0.05, 0) is 41.8 Å². The fraction of sp³-hybridized carbons (Fsp3) is 0.200. The predicted molar refractivity (Wildman–Crippen MR) is 72.7 cm³/mol. The molecule has 3 nitrogen and oxygen atoms in total. The fourth-order valence-corrected chi connectivity index (χ4v) is 1.79. The fourth-order valence-electron chi connectivity index (χ4n) is 1.79. The monoisotopic (exact) mass is 243 g/mol. The third-order valence-electron chi connectivity index (χ3n) is 2.76. The van der Waals surface area contributed by atoms with Gasteiger partial charge in [0, 0.05) is 18.8 Å². The van der Waals surface area contributed by atoms with Gasteiger partial charge >= 0.3 is 0 Å². The molecule has 0 fully saturated rings. The molecule has 0 atom stereocenters. The van der Waals surface area contributed by atoms with Gasteiger partial charge < -0.3 is 15.5 Å². The van der Waals surface area contributed by atoms with Crippen LogP contribution in [0.5, 0.6) is 5.75 Å². The van der Waals surface area contributed by atoms with Crippen LogP contribution in [0.15, 0.2) is 48.5 Å². The van der Waals surface area contributed by atoms with Gasteiger partial charge in [-0.3, -0.25) is 0 Å². The van der Waals surface area contributed by atoms with Crippen molar-refractivity contribution >= 4 is 5.69 Å². The first-order valence-electron chi connectivity index (χ1n) is 5.99. The van der Waals surface area contributed by atoms with Gasteiger partial charge in [-0.2, -0.15) is 0 Å². The summed E-state index contributed by atoms with van der Waals surface area (Å²) >= 11 is 0. The van der Waals surface area contributed by atoms with Crippen LogP contribution in [0.1, 0.15) is 11.1 Å². The number of aliphatic hydroxyl groups is 1. The minimum Gasteiger partial charge on any atom is -0.508 e. The summed E-state index contributed by atoms with van der Waals surface area (Å²) in [5.41, 5.74) is 3.19. The number of anilines is 1. The van der Waals surface area contributed by atoms with Crippen LogP contribution in [0.25, 0.3) is 0 Å². The molecule has 0 bridgehead atoms. The van der Waals surface area contributed by atoms with E-state index in [1.807, 2.05) is 36.4 Å². The Bertz CT molecular complexity index is 494. The average Bonchev–Trinajstić information content (AvgIpc) is 2.38. The van der Waals surface area contributed by atoms with Gasteiger partial charge in [0.05, 0.1) is 0 Å². The quantitative estimate of drug-likeness (QED) is 0.756. The maximum atomic E-state index is 9.35. The Morgan fingerprint density at radius 2 is 1.72 bits per heavy atom. The highest BCUT2D eigenvalue weighted by Gasteiger charge is 1.96. The number of nitrogens with one attached hydrogen (secondary N) is 1. The molecule has 0 aliphatic carbocycles. The van der Waals surface area contributed by atoms with E-state index in [1.165, 1.54) is 0 Å². The van der Waals surface area contributed by atoms with Gasteiger partial charge in [-0.15, -0.1) is 0 Å². The van der Waals surface area contributed by atoms with Crippen molar-refractivity contribution in [2.24, 2.45) is 0 Å². The number of aromatic hydroxyl groups is 1. The molecular weight excluding hydrogens is 226 g/mol. The van der Waals surface area contributed by atoms with E-state index in [4.69, 9.17) is 5.11 Å². The molecule has 3 heteroatoms. The molecule has 0 aliphatic rings. The SMILES string of the molecule is OCCc1ccc(NCc2cccc(O)c2)cc1. The Labute approximate surface area is 107 Å². The summed E-state index contributed by atoms with van der Waals surface area (Å²) in [5.74, 6) is 0.285. The highest BCUT2D eigenvalue weighted by molar-refractivity contribution is 5.45. The summed E-state index contributed by atoms with van der Waals surface area (Å²) in [6.45, 7) is 0.851. The summed E-state index contributed by atoms with van der Waals surface area (Å²) in [6, 6.07) is 15.2. The Kier molecular flexibility index (Phi) is 4.20. The van der Waals surface area contributed by atoms with Crippen molar-refractivity contribution in [1.82, 2.24) is 0 Å². The van der Waals surface area contributed by atoms with Crippen molar-refractivity contribution in [3.8, 4) is 5.75 Å². The lowest BCUT2D eigenvalue weighted by atomic mass is 10.1. The van der Waals surface area contributed by atoms with E-state index in [1.54, 1.807) is 12.1 Å². The number of hydrogen-bond acceptors (Lipinski definition) is 3. The van der Waals surface area contributed by atoms with E-state index < -0.39 is 0 Å². The Balaban J connectivity index is 1.93. The van der Waals surface area contributed by atoms with Gasteiger partial charge in [0.1, 0.15) is 5.75 Å². The molecule has 0 aliphatic heterocycles. The predicted octanol–water partition coefficient (Wildman–Crippen LogP) is 2.54. The van der Waals surface area contributed by atoms with Crippen molar-refractivity contribution in [2.75, 3.05) is 11.9 Å². The Morgan fingerprint density at radius 3 is 2.39 bits per heavy atom. The van der Waals surface area contributed by atoms with Crippen LogP contribution in [0.3, 0.4) is 0 Å². The van der Waals surface area contributed by atoms with Crippen LogP contribution in [-0.4, -0.2) is 16.8 Å². The molecule has 0 radical (unpaired) electrons. The van der Waals surface area contributed by atoms with E-state index in [0.29, 0.717) is 13.0 Å². The molecular formula is C15H17NO2. The molecule has 0 saturated heterocycles. The summed E-state index contributed by atoms with van der Waals surface area (Å²) in [6.07, 6.45) is 0.687. The third kappa shape index (κ3) is 3.50. The third-order valence-corrected chi connectivity index (χ3v) is 2.76. The van der Waals surface area contributed by atoms with Gasteiger partial charge in [0.15, 0.2) is 0 Å². The lowest BCUT2D eigenvalue weighted by Crippen LogP contribution is -1.99. The molecule has 0 unspecified atom stereocenters. The standard InChI is InChI=1S/C15H17NO2/c17-9-8-12-4-6-14(7-5-12)16-11-13-2-1-3-15(18)10-13/h1-7,10,16-18H,8-9,11H2. The second-order valence-corrected chi connectivity index (χ2v) is 4.19. The zero-order valence-electron chi connectivity index (χ0n) is 10.1. The van der Waals surface area contributed by atoms with Gasteiger partial charge in [0.25, 0.3) is 0 Å². The number of hydrogen-bond donors (Lipinski definition) is 3. The molecule has 3 N–H and O–H groups in total. The Hall–Kier alpha value is -2.00. The summed E-state index contributed by atoms with van der Waals surface area (Å²) in [4.78, 5) is 0.